The van der Waals surface area contributed by atoms with Crippen LogP contribution in [0.15, 0.2) is 28.7 Å². The number of methoxy groups -OCH3 is 1. The van der Waals surface area contributed by atoms with Crippen LogP contribution in [0.1, 0.15) is 48.7 Å². The highest BCUT2D eigenvalue weighted by atomic mass is 16.5. The van der Waals surface area contributed by atoms with Crippen molar-refractivity contribution in [2.24, 2.45) is 17.6 Å². The number of Topliss-reactive ketones (excluding diaryl/α,β-unsaturated/α-hetero) is 2. The third-order valence-corrected chi connectivity index (χ3v) is 8.46. The third-order valence-electron chi connectivity index (χ3n) is 8.46. The number of benzene rings is 1. The number of carbonyl (C=O) groups is 3. The average molecular weight is 544 g/mol. The zero-order valence-corrected chi connectivity index (χ0v) is 23.1. The number of likely N-dealkylation sites (N-methyl/N-ethyl adjacent to an activating group) is 1. The molecule has 0 spiro atoms. The number of hydrogen-bond acceptors (Lipinski definition) is 10. The smallest absolute Gasteiger partial charge is 0.255 e. The molecule has 6 N–H and O–H groups in total. The van der Waals surface area contributed by atoms with Gasteiger partial charge < -0.3 is 30.9 Å². The molecule has 1 aromatic rings. The number of nitrogens with two attached hydrogens (primary N) is 1. The molecule has 1 aromatic carbocycles. The normalized spacial score (nSPS) is 26.8. The molecule has 0 saturated carbocycles. The molecule has 1 amide bonds. The Kier molecular flexibility index (Phi) is 7.30. The Morgan fingerprint density at radius 1 is 1.23 bits per heavy atom. The van der Waals surface area contributed by atoms with E-state index in [0.717, 1.165) is 6.54 Å². The number of ether oxygens (including phenoxy) is 1. The van der Waals surface area contributed by atoms with Crippen LogP contribution < -0.4 is 10.5 Å². The number of ketones is 2. The number of aromatic hydroxyl groups is 1. The number of primary amides is 1. The molecule has 0 unspecified atom stereocenters. The number of phenols is 1. The number of phenolic OH excluding ortho intramolecular Hbond substituents is 1. The van der Waals surface area contributed by atoms with E-state index >= 15 is 0 Å². The first kappa shape index (κ1) is 28.6. The van der Waals surface area contributed by atoms with Crippen molar-refractivity contribution in [3.8, 4) is 11.5 Å². The number of allylic oxidation sites excluding steroid dienone is 1. The van der Waals surface area contributed by atoms with Crippen LogP contribution >= 0.6 is 0 Å². The summed E-state index contributed by atoms with van der Waals surface area (Å²) >= 11 is 0. The predicted octanol–water partition coefficient (Wildman–Crippen LogP) is 1.36. The third kappa shape index (κ3) is 4.11. The summed E-state index contributed by atoms with van der Waals surface area (Å²) in [6.07, 6.45) is 0.194. The SMILES string of the molecule is CCN(Cc1cc(O)c2c(c1OC)C[C@H]1C[C@H]3[C@H](N(C)C)C(O)=C(C(N)=O)C(=O)[C@@]3(O)C(O)=C1C2=O)C(C)C. The van der Waals surface area contributed by atoms with Gasteiger partial charge in [0.25, 0.3) is 5.91 Å². The Morgan fingerprint density at radius 3 is 2.38 bits per heavy atom. The highest BCUT2D eigenvalue weighted by Gasteiger charge is 2.63. The number of hydrogen-bond donors (Lipinski definition) is 5. The van der Waals surface area contributed by atoms with E-state index in [9.17, 15) is 34.8 Å². The van der Waals surface area contributed by atoms with Crippen molar-refractivity contribution < 1.29 is 39.5 Å². The van der Waals surface area contributed by atoms with Crippen molar-refractivity contribution in [2.75, 3.05) is 27.7 Å². The molecule has 11 nitrogen and oxygen atoms in total. The van der Waals surface area contributed by atoms with Crippen LogP contribution in [0.25, 0.3) is 0 Å². The summed E-state index contributed by atoms with van der Waals surface area (Å²) in [6, 6.07) is 0.652. The highest BCUT2D eigenvalue weighted by molar-refractivity contribution is 6.24. The van der Waals surface area contributed by atoms with Crippen LogP contribution in [0.3, 0.4) is 0 Å². The number of fused-ring (bicyclic) bond motifs is 3. The van der Waals surface area contributed by atoms with Gasteiger partial charge in [-0.05, 0) is 59.3 Å². The van der Waals surface area contributed by atoms with Gasteiger partial charge in [-0.3, -0.25) is 24.2 Å². The zero-order chi connectivity index (χ0) is 29.1. The predicted molar refractivity (Wildman–Crippen MR) is 141 cm³/mol. The van der Waals surface area contributed by atoms with Gasteiger partial charge in [0, 0.05) is 35.2 Å². The molecule has 3 aliphatic carbocycles. The number of aliphatic hydroxyl groups is 3. The van der Waals surface area contributed by atoms with Crippen LogP contribution in [-0.4, -0.2) is 93.1 Å². The average Bonchev–Trinajstić information content (AvgIpc) is 2.84. The summed E-state index contributed by atoms with van der Waals surface area (Å²) in [5.74, 6) is -6.32. The zero-order valence-electron chi connectivity index (χ0n) is 23.1. The Balaban J connectivity index is 1.91. The van der Waals surface area contributed by atoms with Gasteiger partial charge in [0.15, 0.2) is 11.4 Å². The summed E-state index contributed by atoms with van der Waals surface area (Å²) in [7, 11) is 4.68. The molecule has 0 aliphatic heterocycles. The van der Waals surface area contributed by atoms with Gasteiger partial charge in [-0.15, -0.1) is 0 Å². The number of rotatable bonds is 7. The fourth-order valence-electron chi connectivity index (χ4n) is 6.61. The molecule has 212 valence electrons. The summed E-state index contributed by atoms with van der Waals surface area (Å²) < 4.78 is 5.76. The number of amides is 1. The molecule has 39 heavy (non-hydrogen) atoms. The van der Waals surface area contributed by atoms with Crippen LogP contribution in [0, 0.1) is 11.8 Å². The van der Waals surface area contributed by atoms with E-state index in [1.165, 1.54) is 18.1 Å². The topological polar surface area (TPSA) is 174 Å². The van der Waals surface area contributed by atoms with Gasteiger partial charge in [0.05, 0.1) is 18.7 Å². The molecule has 0 aromatic heterocycles. The van der Waals surface area contributed by atoms with Crippen LogP contribution in [0.4, 0.5) is 0 Å². The van der Waals surface area contributed by atoms with Gasteiger partial charge in [0.2, 0.25) is 5.78 Å². The van der Waals surface area contributed by atoms with E-state index < -0.39 is 58.0 Å². The highest BCUT2D eigenvalue weighted by Crippen LogP contribution is 2.53. The fourth-order valence-corrected chi connectivity index (χ4v) is 6.61. The maximum Gasteiger partial charge on any atom is 0.255 e. The summed E-state index contributed by atoms with van der Waals surface area (Å²) in [6.45, 7) is 7.36. The Bertz CT molecular complexity index is 1310. The first-order valence-corrected chi connectivity index (χ1v) is 13.0. The molecular formula is C28H37N3O8. The number of nitrogens with zero attached hydrogens (tertiary/aromatic N) is 2. The van der Waals surface area contributed by atoms with Crippen molar-refractivity contribution in [3.63, 3.8) is 0 Å². The molecule has 0 fully saturated rings. The lowest BCUT2D eigenvalue weighted by atomic mass is 9.58. The van der Waals surface area contributed by atoms with Crippen LogP contribution in [-0.2, 0) is 22.6 Å². The first-order valence-electron chi connectivity index (χ1n) is 13.0. The van der Waals surface area contributed by atoms with Crippen LogP contribution in [0.2, 0.25) is 0 Å². The largest absolute Gasteiger partial charge is 0.510 e. The summed E-state index contributed by atoms with van der Waals surface area (Å²) in [4.78, 5) is 43.0. The lowest BCUT2D eigenvalue weighted by molar-refractivity contribution is -0.148. The molecule has 0 bridgehead atoms. The van der Waals surface area contributed by atoms with E-state index in [2.05, 4.69) is 18.7 Å². The van der Waals surface area contributed by atoms with Crippen molar-refractivity contribution in [1.82, 2.24) is 9.80 Å². The van der Waals surface area contributed by atoms with E-state index in [0.29, 0.717) is 23.4 Å². The van der Waals surface area contributed by atoms with Crippen molar-refractivity contribution in [2.45, 2.75) is 57.8 Å². The molecule has 0 heterocycles. The minimum absolute atomic E-state index is 0.0208. The Hall–Kier alpha value is -3.41. The van der Waals surface area contributed by atoms with Crippen molar-refractivity contribution in [3.05, 3.63) is 45.4 Å². The standard InChI is InChI=1S/C28H37N3O8/c1-7-31(12(2)3)11-14-10-17(32)19-15(24(14)39-6)8-13-9-16-21(30(4)5)23(34)20(27(29)37)26(36)28(16,38)25(35)18(13)22(19)33/h10,12-13,16,21,32,34-35,38H,7-9,11H2,1-6H3,(H2,29,37)/t13-,16-,21-,28-/m0/s1. The number of aliphatic hydroxyl groups excluding tert-OH is 2. The lowest BCUT2D eigenvalue weighted by Gasteiger charge is -2.50. The fraction of sp³-hybridized carbons (Fsp3) is 0.536. The van der Waals surface area contributed by atoms with Gasteiger partial charge in [-0.2, -0.15) is 0 Å². The molecule has 0 saturated heterocycles. The lowest BCUT2D eigenvalue weighted by Crippen LogP contribution is -2.63. The second-order valence-electron chi connectivity index (χ2n) is 11.1. The summed E-state index contributed by atoms with van der Waals surface area (Å²) in [5, 5.41) is 45.0. The van der Waals surface area contributed by atoms with Crippen LogP contribution in [0.5, 0.6) is 11.5 Å². The minimum atomic E-state index is -2.66. The van der Waals surface area contributed by atoms with E-state index in [1.54, 1.807) is 14.1 Å². The minimum Gasteiger partial charge on any atom is -0.510 e. The summed E-state index contributed by atoms with van der Waals surface area (Å²) in [5.41, 5.74) is 2.79. The molecule has 3 aliphatic rings. The molecule has 4 atom stereocenters. The van der Waals surface area contributed by atoms with Gasteiger partial charge in [-0.1, -0.05) is 6.92 Å². The first-order chi connectivity index (χ1) is 18.2. The Morgan fingerprint density at radius 2 is 1.87 bits per heavy atom. The Labute approximate surface area is 227 Å². The maximum absolute atomic E-state index is 13.8. The van der Waals surface area contributed by atoms with Crippen molar-refractivity contribution >= 4 is 17.5 Å². The van der Waals surface area contributed by atoms with Gasteiger partial charge in [0.1, 0.15) is 28.6 Å². The monoisotopic (exact) mass is 543 g/mol. The quantitative estimate of drug-likeness (QED) is 0.316. The molecular weight excluding hydrogens is 506 g/mol. The molecule has 0 radical (unpaired) electrons. The second kappa shape index (κ2) is 9.96. The van der Waals surface area contributed by atoms with Gasteiger partial charge in [-0.25, -0.2) is 0 Å². The van der Waals surface area contributed by atoms with E-state index in [1.807, 2.05) is 6.92 Å². The van der Waals surface area contributed by atoms with Crippen molar-refractivity contribution in [1.29, 1.82) is 0 Å². The molecule has 4 rings (SSSR count). The second-order valence-corrected chi connectivity index (χ2v) is 11.1. The van der Waals surface area contributed by atoms with E-state index in [4.69, 9.17) is 10.5 Å². The van der Waals surface area contributed by atoms with E-state index in [-0.39, 0.29) is 35.8 Å². The number of carbonyl (C=O) groups excluding carboxylic acids is 3. The van der Waals surface area contributed by atoms with Gasteiger partial charge >= 0.3 is 0 Å². The molecule has 11 heteroatoms. The maximum atomic E-state index is 13.8.